The van der Waals surface area contributed by atoms with Crippen molar-refractivity contribution in [3.05, 3.63) is 65.6 Å². The summed E-state index contributed by atoms with van der Waals surface area (Å²) in [6.07, 6.45) is 3.47. The monoisotopic (exact) mass is 342 g/mol. The molecule has 1 fully saturated rings. The SMILES string of the molecule is O=C(c1c(F)cccc1F)N1CCCC(c2nnc3ccccn23)C1. The summed E-state index contributed by atoms with van der Waals surface area (Å²) in [6.45, 7) is 0.835. The van der Waals surface area contributed by atoms with Crippen LogP contribution in [0.2, 0.25) is 0 Å². The van der Waals surface area contributed by atoms with Crippen LogP contribution in [0, 0.1) is 11.6 Å². The highest BCUT2D eigenvalue weighted by Gasteiger charge is 2.30. The second-order valence-electron chi connectivity index (χ2n) is 6.17. The normalized spacial score (nSPS) is 17.8. The number of piperidine rings is 1. The highest BCUT2D eigenvalue weighted by atomic mass is 19.1. The quantitative estimate of drug-likeness (QED) is 0.719. The van der Waals surface area contributed by atoms with Crippen molar-refractivity contribution in [2.24, 2.45) is 0 Å². The molecule has 3 aromatic rings. The molecular formula is C18H16F2N4O. The molecule has 4 rings (SSSR count). The van der Waals surface area contributed by atoms with Crippen molar-refractivity contribution in [1.29, 1.82) is 0 Å². The van der Waals surface area contributed by atoms with E-state index in [2.05, 4.69) is 10.2 Å². The molecule has 0 saturated carbocycles. The van der Waals surface area contributed by atoms with Crippen LogP contribution >= 0.6 is 0 Å². The standard InChI is InChI=1S/C18H16F2N4O/c19-13-6-3-7-14(20)16(13)18(25)23-9-4-5-12(11-23)17-22-21-15-8-1-2-10-24(15)17/h1-3,6-8,10,12H,4-5,9,11H2. The maximum absolute atomic E-state index is 13.9. The van der Waals surface area contributed by atoms with Crippen LogP contribution in [0.5, 0.6) is 0 Å². The van der Waals surface area contributed by atoms with Gasteiger partial charge in [0.15, 0.2) is 5.65 Å². The molecule has 1 atom stereocenters. The molecule has 25 heavy (non-hydrogen) atoms. The highest BCUT2D eigenvalue weighted by Crippen LogP contribution is 2.27. The number of nitrogens with zero attached hydrogens (tertiary/aromatic N) is 4. The largest absolute Gasteiger partial charge is 0.338 e. The zero-order chi connectivity index (χ0) is 17.4. The van der Waals surface area contributed by atoms with Gasteiger partial charge in [-0.15, -0.1) is 10.2 Å². The van der Waals surface area contributed by atoms with Gasteiger partial charge in [0.1, 0.15) is 23.0 Å². The van der Waals surface area contributed by atoms with Gasteiger partial charge in [0.2, 0.25) is 0 Å². The smallest absolute Gasteiger partial charge is 0.259 e. The third kappa shape index (κ3) is 2.75. The van der Waals surface area contributed by atoms with Crippen LogP contribution in [0.25, 0.3) is 5.65 Å². The Morgan fingerprint density at radius 3 is 2.68 bits per heavy atom. The molecule has 2 aromatic heterocycles. The number of rotatable bonds is 2. The highest BCUT2D eigenvalue weighted by molar-refractivity contribution is 5.94. The van der Waals surface area contributed by atoms with Crippen LogP contribution in [0.15, 0.2) is 42.6 Å². The minimum atomic E-state index is -0.833. The fourth-order valence-corrected chi connectivity index (χ4v) is 3.37. The Bertz CT molecular complexity index is 919. The van der Waals surface area contributed by atoms with E-state index < -0.39 is 23.1 Å². The Morgan fingerprint density at radius 1 is 1.08 bits per heavy atom. The van der Waals surface area contributed by atoms with E-state index in [4.69, 9.17) is 0 Å². The molecule has 0 bridgehead atoms. The number of amides is 1. The molecular weight excluding hydrogens is 326 g/mol. The lowest BCUT2D eigenvalue weighted by Gasteiger charge is -2.32. The topological polar surface area (TPSA) is 50.5 Å². The summed E-state index contributed by atoms with van der Waals surface area (Å²) in [4.78, 5) is 14.1. The van der Waals surface area contributed by atoms with Gasteiger partial charge in [0.25, 0.3) is 5.91 Å². The lowest BCUT2D eigenvalue weighted by molar-refractivity contribution is 0.0694. The van der Waals surface area contributed by atoms with E-state index in [0.29, 0.717) is 13.1 Å². The predicted molar refractivity (Wildman–Crippen MR) is 87.2 cm³/mol. The number of pyridine rings is 1. The van der Waals surface area contributed by atoms with Crippen LogP contribution in [-0.4, -0.2) is 38.5 Å². The van der Waals surface area contributed by atoms with Crippen LogP contribution in [-0.2, 0) is 0 Å². The first-order valence-corrected chi connectivity index (χ1v) is 8.18. The number of aromatic nitrogens is 3. The third-order valence-corrected chi connectivity index (χ3v) is 4.59. The van der Waals surface area contributed by atoms with Gasteiger partial charge in [0, 0.05) is 25.2 Å². The molecule has 1 unspecified atom stereocenters. The lowest BCUT2D eigenvalue weighted by atomic mass is 9.96. The van der Waals surface area contributed by atoms with Crippen LogP contribution in [0.1, 0.15) is 34.9 Å². The number of carbonyl (C=O) groups is 1. The van der Waals surface area contributed by atoms with Crippen LogP contribution in [0.4, 0.5) is 8.78 Å². The number of fused-ring (bicyclic) bond motifs is 1. The van der Waals surface area contributed by atoms with Gasteiger partial charge in [0.05, 0.1) is 0 Å². The van der Waals surface area contributed by atoms with E-state index in [-0.39, 0.29) is 5.92 Å². The number of likely N-dealkylation sites (tertiary alicyclic amines) is 1. The fourth-order valence-electron chi connectivity index (χ4n) is 3.37. The summed E-state index contributed by atoms with van der Waals surface area (Å²) in [5.41, 5.74) is 0.246. The van der Waals surface area contributed by atoms with E-state index in [1.807, 2.05) is 28.8 Å². The second-order valence-corrected chi connectivity index (χ2v) is 6.17. The van der Waals surface area contributed by atoms with Crippen molar-refractivity contribution in [1.82, 2.24) is 19.5 Å². The van der Waals surface area contributed by atoms with Gasteiger partial charge < -0.3 is 4.90 Å². The van der Waals surface area contributed by atoms with Gasteiger partial charge in [-0.1, -0.05) is 12.1 Å². The number of hydrogen-bond acceptors (Lipinski definition) is 3. The van der Waals surface area contributed by atoms with E-state index in [9.17, 15) is 13.6 Å². The van der Waals surface area contributed by atoms with Gasteiger partial charge in [-0.2, -0.15) is 0 Å². The van der Waals surface area contributed by atoms with E-state index >= 15 is 0 Å². The maximum atomic E-state index is 13.9. The molecule has 1 aliphatic rings. The molecule has 5 nitrogen and oxygen atoms in total. The molecule has 3 heterocycles. The molecule has 1 amide bonds. The summed E-state index contributed by atoms with van der Waals surface area (Å²) in [7, 11) is 0. The molecule has 1 aliphatic heterocycles. The Labute approximate surface area is 142 Å². The van der Waals surface area contributed by atoms with Crippen molar-refractivity contribution in [2.75, 3.05) is 13.1 Å². The number of hydrogen-bond donors (Lipinski definition) is 0. The Balaban J connectivity index is 1.62. The molecule has 0 radical (unpaired) electrons. The zero-order valence-electron chi connectivity index (χ0n) is 13.4. The summed E-state index contributed by atoms with van der Waals surface area (Å²) in [5.74, 6) is -1.54. The van der Waals surface area contributed by atoms with Crippen LogP contribution in [0.3, 0.4) is 0 Å². The van der Waals surface area contributed by atoms with E-state index in [0.717, 1.165) is 36.4 Å². The Hall–Kier alpha value is -2.83. The summed E-state index contributed by atoms with van der Waals surface area (Å²) >= 11 is 0. The fraction of sp³-hybridized carbons (Fsp3) is 0.278. The van der Waals surface area contributed by atoms with E-state index in [1.54, 1.807) is 0 Å². The first-order chi connectivity index (χ1) is 12.1. The summed E-state index contributed by atoms with van der Waals surface area (Å²) in [5, 5.41) is 8.39. The molecule has 128 valence electrons. The molecule has 0 aliphatic carbocycles. The first kappa shape index (κ1) is 15.7. The summed E-state index contributed by atoms with van der Waals surface area (Å²) in [6, 6.07) is 9.08. The number of halogens is 2. The maximum Gasteiger partial charge on any atom is 0.259 e. The average Bonchev–Trinajstić information content (AvgIpc) is 3.06. The number of carbonyl (C=O) groups excluding carboxylic acids is 1. The van der Waals surface area contributed by atoms with Crippen molar-refractivity contribution < 1.29 is 13.6 Å². The van der Waals surface area contributed by atoms with Crippen molar-refractivity contribution >= 4 is 11.6 Å². The third-order valence-electron chi connectivity index (χ3n) is 4.59. The van der Waals surface area contributed by atoms with Gasteiger partial charge in [-0.3, -0.25) is 9.20 Å². The molecule has 0 spiro atoms. The van der Waals surface area contributed by atoms with Crippen LogP contribution < -0.4 is 0 Å². The van der Waals surface area contributed by atoms with E-state index in [1.165, 1.54) is 11.0 Å². The van der Waals surface area contributed by atoms with Gasteiger partial charge in [-0.25, -0.2) is 8.78 Å². The average molecular weight is 342 g/mol. The zero-order valence-corrected chi connectivity index (χ0v) is 13.4. The minimum absolute atomic E-state index is 0.0232. The number of benzene rings is 1. The van der Waals surface area contributed by atoms with Gasteiger partial charge in [-0.05, 0) is 37.1 Å². The molecule has 1 aromatic carbocycles. The predicted octanol–water partition coefficient (Wildman–Crippen LogP) is 3.03. The van der Waals surface area contributed by atoms with Gasteiger partial charge >= 0.3 is 0 Å². The first-order valence-electron chi connectivity index (χ1n) is 8.18. The Kier molecular flexibility index (Phi) is 3.91. The molecule has 7 heteroatoms. The minimum Gasteiger partial charge on any atom is -0.338 e. The second kappa shape index (κ2) is 6.23. The van der Waals surface area contributed by atoms with Crippen molar-refractivity contribution in [3.8, 4) is 0 Å². The van der Waals surface area contributed by atoms with Crippen molar-refractivity contribution in [3.63, 3.8) is 0 Å². The lowest BCUT2D eigenvalue weighted by Crippen LogP contribution is -2.40. The molecule has 1 saturated heterocycles. The Morgan fingerprint density at radius 2 is 1.88 bits per heavy atom. The van der Waals surface area contributed by atoms with Crippen molar-refractivity contribution in [2.45, 2.75) is 18.8 Å². The summed E-state index contributed by atoms with van der Waals surface area (Å²) < 4.78 is 29.7. The molecule has 0 N–H and O–H groups in total.